The zero-order chi connectivity index (χ0) is 13.8. The van der Waals surface area contributed by atoms with Crippen LogP contribution in [0.15, 0.2) is 24.3 Å². The molecule has 0 amide bonds. The Labute approximate surface area is 121 Å². The normalized spacial score (nSPS) is 26.9. The molecular formula is C17H25NO2. The predicted molar refractivity (Wildman–Crippen MR) is 81.4 cm³/mol. The van der Waals surface area contributed by atoms with E-state index in [1.54, 1.807) is 0 Å². The first-order chi connectivity index (χ1) is 9.79. The highest BCUT2D eigenvalue weighted by Gasteiger charge is 2.21. The summed E-state index contributed by atoms with van der Waals surface area (Å²) in [5, 5.41) is 3.45. The smallest absolute Gasteiger partial charge is 0.119 e. The summed E-state index contributed by atoms with van der Waals surface area (Å²) in [6.45, 7) is 3.04. The predicted octanol–water partition coefficient (Wildman–Crippen LogP) is 3.99. The Morgan fingerprint density at radius 3 is 2.50 bits per heavy atom. The number of hydrogen-bond donors (Lipinski definition) is 1. The van der Waals surface area contributed by atoms with Crippen molar-refractivity contribution in [1.29, 1.82) is 0 Å². The molecule has 2 fully saturated rings. The van der Waals surface area contributed by atoms with Gasteiger partial charge < -0.3 is 14.8 Å². The number of hydrogen-bond acceptors (Lipinski definition) is 3. The molecule has 3 heteroatoms. The molecule has 1 saturated carbocycles. The van der Waals surface area contributed by atoms with Crippen LogP contribution in [-0.4, -0.2) is 24.9 Å². The van der Waals surface area contributed by atoms with Crippen LogP contribution in [0.5, 0.6) is 5.75 Å². The molecule has 1 saturated heterocycles. The quantitative estimate of drug-likeness (QED) is 0.881. The highest BCUT2D eigenvalue weighted by molar-refractivity contribution is 5.46. The lowest BCUT2D eigenvalue weighted by molar-refractivity contribution is 0.0637. The van der Waals surface area contributed by atoms with Crippen molar-refractivity contribution in [3.05, 3.63) is 24.3 Å². The maximum atomic E-state index is 5.97. The number of nitrogens with one attached hydrogen (secondary N) is 1. The van der Waals surface area contributed by atoms with E-state index in [0.29, 0.717) is 18.3 Å². The first-order valence-electron chi connectivity index (χ1n) is 7.95. The van der Waals surface area contributed by atoms with Gasteiger partial charge in [-0.15, -0.1) is 0 Å². The molecular weight excluding hydrogens is 250 g/mol. The van der Waals surface area contributed by atoms with Gasteiger partial charge in [0.2, 0.25) is 0 Å². The highest BCUT2D eigenvalue weighted by Crippen LogP contribution is 2.25. The van der Waals surface area contributed by atoms with Gasteiger partial charge in [-0.3, -0.25) is 0 Å². The topological polar surface area (TPSA) is 30.5 Å². The summed E-state index contributed by atoms with van der Waals surface area (Å²) in [4.78, 5) is 0. The summed E-state index contributed by atoms with van der Waals surface area (Å²) < 4.78 is 11.8. The van der Waals surface area contributed by atoms with Crippen molar-refractivity contribution in [2.24, 2.45) is 0 Å². The lowest BCUT2D eigenvalue weighted by Gasteiger charge is -2.15. The van der Waals surface area contributed by atoms with E-state index in [-0.39, 0.29) is 0 Å². The molecule has 1 N–H and O–H groups in total. The van der Waals surface area contributed by atoms with E-state index in [1.165, 1.54) is 32.1 Å². The van der Waals surface area contributed by atoms with E-state index in [4.69, 9.17) is 9.47 Å². The van der Waals surface area contributed by atoms with Crippen LogP contribution in [0, 0.1) is 0 Å². The van der Waals surface area contributed by atoms with Crippen LogP contribution in [-0.2, 0) is 4.74 Å². The average Bonchev–Trinajstić information content (AvgIpc) is 3.10. The average molecular weight is 275 g/mol. The first-order valence-corrected chi connectivity index (χ1v) is 7.95. The first kappa shape index (κ1) is 13.7. The Morgan fingerprint density at radius 2 is 1.85 bits per heavy atom. The SMILES string of the molecule is CC1CCC(CNc2ccc(OC3CCCC3)cc2)O1. The minimum Gasteiger partial charge on any atom is -0.490 e. The van der Waals surface area contributed by atoms with Crippen LogP contribution < -0.4 is 10.1 Å². The molecule has 110 valence electrons. The summed E-state index contributed by atoms with van der Waals surface area (Å²) in [5.74, 6) is 0.994. The lowest BCUT2D eigenvalue weighted by Crippen LogP contribution is -2.19. The van der Waals surface area contributed by atoms with Gasteiger partial charge in [0.25, 0.3) is 0 Å². The number of benzene rings is 1. The molecule has 1 aliphatic carbocycles. The van der Waals surface area contributed by atoms with E-state index in [1.807, 2.05) is 0 Å². The second-order valence-electron chi connectivity index (χ2n) is 6.08. The molecule has 2 aliphatic rings. The molecule has 2 unspecified atom stereocenters. The Bertz CT molecular complexity index is 412. The highest BCUT2D eigenvalue weighted by atomic mass is 16.5. The van der Waals surface area contributed by atoms with E-state index in [9.17, 15) is 0 Å². The molecule has 0 bridgehead atoms. The fraction of sp³-hybridized carbons (Fsp3) is 0.647. The lowest BCUT2D eigenvalue weighted by atomic mass is 10.2. The monoisotopic (exact) mass is 275 g/mol. The van der Waals surface area contributed by atoms with E-state index >= 15 is 0 Å². The zero-order valence-electron chi connectivity index (χ0n) is 12.3. The van der Waals surface area contributed by atoms with Gasteiger partial charge in [0.05, 0.1) is 18.3 Å². The number of rotatable bonds is 5. The minimum atomic E-state index is 0.361. The molecule has 0 radical (unpaired) electrons. The van der Waals surface area contributed by atoms with Crippen molar-refractivity contribution < 1.29 is 9.47 Å². The molecule has 20 heavy (non-hydrogen) atoms. The van der Waals surface area contributed by atoms with E-state index < -0.39 is 0 Å². The fourth-order valence-corrected chi connectivity index (χ4v) is 3.12. The van der Waals surface area contributed by atoms with Crippen molar-refractivity contribution in [3.63, 3.8) is 0 Å². The Kier molecular flexibility index (Phi) is 4.46. The molecule has 0 aromatic heterocycles. The van der Waals surface area contributed by atoms with Crippen molar-refractivity contribution in [2.45, 2.75) is 63.8 Å². The minimum absolute atomic E-state index is 0.361. The van der Waals surface area contributed by atoms with Gasteiger partial charge in [0.15, 0.2) is 0 Å². The van der Waals surface area contributed by atoms with Gasteiger partial charge in [-0.25, -0.2) is 0 Å². The zero-order valence-corrected chi connectivity index (χ0v) is 12.3. The van der Waals surface area contributed by atoms with Crippen LogP contribution in [0.2, 0.25) is 0 Å². The van der Waals surface area contributed by atoms with Crippen LogP contribution >= 0.6 is 0 Å². The summed E-state index contributed by atoms with van der Waals surface area (Å²) in [5.41, 5.74) is 1.15. The van der Waals surface area contributed by atoms with Crippen LogP contribution in [0.3, 0.4) is 0 Å². The second kappa shape index (κ2) is 6.49. The van der Waals surface area contributed by atoms with Gasteiger partial charge in [-0.2, -0.15) is 0 Å². The van der Waals surface area contributed by atoms with Crippen molar-refractivity contribution in [2.75, 3.05) is 11.9 Å². The fourth-order valence-electron chi connectivity index (χ4n) is 3.12. The van der Waals surface area contributed by atoms with Gasteiger partial charge in [-0.05, 0) is 69.7 Å². The third kappa shape index (κ3) is 3.66. The maximum Gasteiger partial charge on any atom is 0.119 e. The summed E-state index contributed by atoms with van der Waals surface area (Å²) >= 11 is 0. The van der Waals surface area contributed by atoms with Crippen molar-refractivity contribution in [3.8, 4) is 5.75 Å². The number of ether oxygens (including phenoxy) is 2. The maximum absolute atomic E-state index is 5.97. The third-order valence-electron chi connectivity index (χ3n) is 4.31. The van der Waals surface area contributed by atoms with E-state index in [2.05, 4.69) is 36.5 Å². The molecule has 1 aromatic rings. The summed E-state index contributed by atoms with van der Waals surface area (Å²) in [6.07, 6.45) is 8.59. The molecule has 1 aliphatic heterocycles. The molecule has 3 nitrogen and oxygen atoms in total. The van der Waals surface area contributed by atoms with Crippen LogP contribution in [0.4, 0.5) is 5.69 Å². The molecule has 1 heterocycles. The Morgan fingerprint density at radius 1 is 1.10 bits per heavy atom. The summed E-state index contributed by atoms with van der Waals surface area (Å²) in [7, 11) is 0. The molecule has 2 atom stereocenters. The molecule has 0 spiro atoms. The van der Waals surface area contributed by atoms with Crippen molar-refractivity contribution >= 4 is 5.69 Å². The Balaban J connectivity index is 1.46. The van der Waals surface area contributed by atoms with Gasteiger partial charge in [0.1, 0.15) is 5.75 Å². The molecule has 3 rings (SSSR count). The van der Waals surface area contributed by atoms with Gasteiger partial charge in [-0.1, -0.05) is 0 Å². The number of anilines is 1. The van der Waals surface area contributed by atoms with Crippen molar-refractivity contribution in [1.82, 2.24) is 0 Å². The Hall–Kier alpha value is -1.22. The van der Waals surface area contributed by atoms with Gasteiger partial charge in [0, 0.05) is 12.2 Å². The van der Waals surface area contributed by atoms with Crippen LogP contribution in [0.1, 0.15) is 45.4 Å². The summed E-state index contributed by atoms with van der Waals surface area (Å²) in [6, 6.07) is 8.34. The standard InChI is InChI=1S/C17H25NO2/c1-13-6-9-17(19-13)12-18-14-7-10-16(11-8-14)20-15-4-2-3-5-15/h7-8,10-11,13,15,17-18H,2-6,9,12H2,1H3. The van der Waals surface area contributed by atoms with Crippen LogP contribution in [0.25, 0.3) is 0 Å². The second-order valence-corrected chi connectivity index (χ2v) is 6.08. The van der Waals surface area contributed by atoms with Gasteiger partial charge >= 0.3 is 0 Å². The molecule has 1 aromatic carbocycles. The largest absolute Gasteiger partial charge is 0.490 e. The third-order valence-corrected chi connectivity index (χ3v) is 4.31. The van der Waals surface area contributed by atoms with E-state index in [0.717, 1.165) is 24.4 Å².